The maximum absolute atomic E-state index is 5.95. The van der Waals surface area contributed by atoms with Gasteiger partial charge in [-0.25, -0.2) is 4.99 Å². The Morgan fingerprint density at radius 1 is 1.06 bits per heavy atom. The summed E-state index contributed by atoms with van der Waals surface area (Å²) in [5.74, 6) is 0.891. The van der Waals surface area contributed by atoms with Crippen molar-refractivity contribution >= 4 is 16.7 Å². The van der Waals surface area contributed by atoms with Gasteiger partial charge in [-0.15, -0.1) is 0 Å². The highest BCUT2D eigenvalue weighted by Crippen LogP contribution is 2.28. The lowest BCUT2D eigenvalue weighted by Gasteiger charge is -2.07. The average Bonchev–Trinajstić information content (AvgIpc) is 2.43. The van der Waals surface area contributed by atoms with Gasteiger partial charge in [0, 0.05) is 35.8 Å². The van der Waals surface area contributed by atoms with Crippen LogP contribution in [-0.4, -0.2) is 14.1 Å². The number of anilines is 1. The van der Waals surface area contributed by atoms with Crippen LogP contribution in [0, 0.1) is 0 Å². The van der Waals surface area contributed by atoms with E-state index in [9.17, 15) is 0 Å². The van der Waals surface area contributed by atoms with Gasteiger partial charge < -0.3 is 9.73 Å². The Hall–Kier alpha value is -2.29. The lowest BCUT2D eigenvalue weighted by Crippen LogP contribution is -2.71. The Kier molecular flexibility index (Phi) is 2.52. The molecule has 2 N–H and O–H groups in total. The van der Waals surface area contributed by atoms with Crippen LogP contribution in [0.1, 0.15) is 0 Å². The number of hydrogen-bond acceptors (Lipinski definition) is 2. The zero-order valence-corrected chi connectivity index (χ0v) is 10.4. The molecule has 0 bridgehead atoms. The number of rotatable bonds is 1. The quantitative estimate of drug-likeness (QED) is 0.626. The molecule has 1 aromatic rings. The van der Waals surface area contributed by atoms with Crippen LogP contribution in [0.2, 0.25) is 0 Å². The molecule has 90 valence electrons. The van der Waals surface area contributed by atoms with E-state index in [0.29, 0.717) is 0 Å². The van der Waals surface area contributed by atoms with Gasteiger partial charge in [-0.3, -0.25) is 0 Å². The standard InChI is InChI=1S/C15H14N2O/c1-16-12-5-3-10-7-11-4-6-13(17-2)9-15(11)18-14(10)8-12/h3-9,16H,1-2H3/p+1. The van der Waals surface area contributed by atoms with Crippen LogP contribution in [0.25, 0.3) is 22.3 Å². The van der Waals surface area contributed by atoms with E-state index >= 15 is 0 Å². The van der Waals surface area contributed by atoms with Crippen molar-refractivity contribution in [3.8, 4) is 11.3 Å². The van der Waals surface area contributed by atoms with Crippen molar-refractivity contribution < 1.29 is 9.41 Å². The third-order valence-electron chi connectivity index (χ3n) is 3.14. The highest BCUT2D eigenvalue weighted by Gasteiger charge is 2.08. The molecule has 3 rings (SSSR count). The molecule has 3 heteroatoms. The normalized spacial score (nSPS) is 12.2. The molecule has 1 aliphatic carbocycles. The van der Waals surface area contributed by atoms with E-state index in [1.54, 1.807) is 0 Å². The van der Waals surface area contributed by atoms with Crippen LogP contribution in [0.15, 0.2) is 46.9 Å². The molecule has 0 amide bonds. The van der Waals surface area contributed by atoms with Gasteiger partial charge in [0.2, 0.25) is 5.36 Å². The molecule has 0 fully saturated rings. The first-order valence-electron chi connectivity index (χ1n) is 5.96. The van der Waals surface area contributed by atoms with Crippen molar-refractivity contribution in [1.82, 2.24) is 0 Å². The molecule has 0 unspecified atom stereocenters. The number of nitrogens with one attached hydrogen (secondary N) is 2. The highest BCUT2D eigenvalue weighted by atomic mass is 16.3. The third kappa shape index (κ3) is 1.74. The first kappa shape index (κ1) is 10.8. The molecule has 0 saturated heterocycles. The van der Waals surface area contributed by atoms with Crippen LogP contribution in [0.3, 0.4) is 0 Å². The van der Waals surface area contributed by atoms with Crippen LogP contribution in [0.5, 0.6) is 0 Å². The minimum atomic E-state index is 0.891. The first-order valence-corrected chi connectivity index (χ1v) is 5.96. The summed E-state index contributed by atoms with van der Waals surface area (Å²) in [7, 11) is 3.81. The van der Waals surface area contributed by atoms with Crippen molar-refractivity contribution in [3.05, 3.63) is 47.8 Å². The molecule has 1 heterocycles. The molecule has 0 aromatic heterocycles. The summed E-state index contributed by atoms with van der Waals surface area (Å²) in [5, 5.41) is 5.28. The maximum atomic E-state index is 5.95. The summed E-state index contributed by atoms with van der Waals surface area (Å²) >= 11 is 0. The lowest BCUT2D eigenvalue weighted by atomic mass is 10.1. The van der Waals surface area contributed by atoms with Gasteiger partial charge in [0.1, 0.15) is 18.4 Å². The summed E-state index contributed by atoms with van der Waals surface area (Å²) in [4.78, 5) is 3.12. The summed E-state index contributed by atoms with van der Waals surface area (Å²) in [6, 6.07) is 14.4. The average molecular weight is 239 g/mol. The second kappa shape index (κ2) is 4.18. The predicted octanol–water partition coefficient (Wildman–Crippen LogP) is 1.19. The maximum Gasteiger partial charge on any atom is 0.201 e. The zero-order chi connectivity index (χ0) is 12.5. The van der Waals surface area contributed by atoms with Crippen LogP contribution >= 0.6 is 0 Å². The minimum absolute atomic E-state index is 0.891. The van der Waals surface area contributed by atoms with E-state index in [1.165, 1.54) is 0 Å². The Labute approximate surface area is 105 Å². The molecule has 0 saturated carbocycles. The molecule has 2 aliphatic rings. The van der Waals surface area contributed by atoms with Crippen LogP contribution < -0.4 is 15.7 Å². The summed E-state index contributed by atoms with van der Waals surface area (Å²) in [5.41, 5.74) is 3.05. The molecular formula is C15H15N2O+. The highest BCUT2D eigenvalue weighted by molar-refractivity contribution is 5.85. The minimum Gasteiger partial charge on any atom is -0.456 e. The van der Waals surface area contributed by atoms with E-state index in [4.69, 9.17) is 4.42 Å². The molecule has 0 atom stereocenters. The third-order valence-corrected chi connectivity index (χ3v) is 3.14. The summed E-state index contributed by atoms with van der Waals surface area (Å²) in [6.07, 6.45) is 0. The Morgan fingerprint density at radius 3 is 2.72 bits per heavy atom. The van der Waals surface area contributed by atoms with Gasteiger partial charge in [-0.1, -0.05) is 0 Å². The Balaban J connectivity index is 2.34. The van der Waals surface area contributed by atoms with Gasteiger partial charge >= 0.3 is 0 Å². The number of fused-ring (bicyclic) bond motifs is 2. The molecule has 0 radical (unpaired) electrons. The summed E-state index contributed by atoms with van der Waals surface area (Å²) in [6.45, 7) is 0. The topological polar surface area (TPSA) is 39.1 Å². The van der Waals surface area contributed by atoms with Gasteiger partial charge in [0.05, 0.1) is 6.07 Å². The van der Waals surface area contributed by atoms with Crippen LogP contribution in [-0.2, 0) is 0 Å². The number of benzene rings is 2. The van der Waals surface area contributed by atoms with Crippen molar-refractivity contribution in [2.45, 2.75) is 0 Å². The van der Waals surface area contributed by atoms with E-state index in [0.717, 1.165) is 33.3 Å². The van der Waals surface area contributed by atoms with Crippen molar-refractivity contribution in [2.24, 2.45) is 0 Å². The molecule has 18 heavy (non-hydrogen) atoms. The predicted molar refractivity (Wildman–Crippen MR) is 72.4 cm³/mol. The van der Waals surface area contributed by atoms with E-state index in [1.807, 2.05) is 38.4 Å². The number of hydrogen-bond donors (Lipinski definition) is 2. The van der Waals surface area contributed by atoms with E-state index < -0.39 is 0 Å². The monoisotopic (exact) mass is 239 g/mol. The molecule has 0 spiro atoms. The largest absolute Gasteiger partial charge is 0.456 e. The fraction of sp³-hybridized carbons (Fsp3) is 0.133. The van der Waals surface area contributed by atoms with Crippen molar-refractivity contribution in [1.29, 1.82) is 0 Å². The van der Waals surface area contributed by atoms with Gasteiger partial charge in [-0.05, 0) is 24.3 Å². The van der Waals surface area contributed by atoms with Gasteiger partial charge in [0.25, 0.3) is 0 Å². The fourth-order valence-electron chi connectivity index (χ4n) is 2.08. The SMILES string of the molecule is CNc1ccc2cc3ccc(=[NH+]C)cc-3oc2c1. The second-order valence-corrected chi connectivity index (χ2v) is 4.25. The second-order valence-electron chi connectivity index (χ2n) is 4.25. The van der Waals surface area contributed by atoms with E-state index in [-0.39, 0.29) is 0 Å². The van der Waals surface area contributed by atoms with Crippen molar-refractivity contribution in [3.63, 3.8) is 0 Å². The fourth-order valence-corrected chi connectivity index (χ4v) is 2.08. The van der Waals surface area contributed by atoms with Gasteiger partial charge in [-0.2, -0.15) is 0 Å². The first-order chi connectivity index (χ1) is 8.80. The lowest BCUT2D eigenvalue weighted by molar-refractivity contribution is -0.465. The summed E-state index contributed by atoms with van der Waals surface area (Å²) < 4.78 is 5.95. The molecule has 3 nitrogen and oxygen atoms in total. The van der Waals surface area contributed by atoms with Crippen molar-refractivity contribution in [2.75, 3.05) is 19.4 Å². The Bertz CT molecular complexity index is 743. The molecule has 1 aromatic carbocycles. The van der Waals surface area contributed by atoms with Gasteiger partial charge in [0.15, 0.2) is 0 Å². The zero-order valence-electron chi connectivity index (χ0n) is 10.4. The Morgan fingerprint density at radius 2 is 1.94 bits per heavy atom. The molecular weight excluding hydrogens is 224 g/mol. The smallest absolute Gasteiger partial charge is 0.201 e. The van der Waals surface area contributed by atoms with E-state index in [2.05, 4.69) is 28.5 Å². The molecule has 1 aliphatic heterocycles. The van der Waals surface area contributed by atoms with Crippen LogP contribution in [0.4, 0.5) is 5.69 Å².